The first-order valence-electron chi connectivity index (χ1n) is 9.12. The van der Waals surface area contributed by atoms with Crippen molar-refractivity contribution in [1.82, 2.24) is 10.2 Å². The second-order valence-corrected chi connectivity index (χ2v) is 6.99. The van der Waals surface area contributed by atoms with Gasteiger partial charge in [0.25, 0.3) is 0 Å². The monoisotopic (exact) mass is 372 g/mol. The highest BCUT2D eigenvalue weighted by Gasteiger charge is 2.29. The minimum absolute atomic E-state index is 0.0390. The zero-order chi connectivity index (χ0) is 18.7. The fourth-order valence-electron chi connectivity index (χ4n) is 3.34. The number of carbonyl (C=O) groups excluding carboxylic acids is 1. The lowest BCUT2D eigenvalue weighted by atomic mass is 9.93. The van der Waals surface area contributed by atoms with Crippen LogP contribution in [0.5, 0.6) is 11.5 Å². The van der Waals surface area contributed by atoms with Crippen LogP contribution in [0.25, 0.3) is 0 Å². The Balaban J connectivity index is 1.87. The third-order valence-electron chi connectivity index (χ3n) is 4.91. The predicted octanol–water partition coefficient (Wildman–Crippen LogP) is 4.69. The average molecular weight is 373 g/mol. The van der Waals surface area contributed by atoms with Crippen LogP contribution >= 0.6 is 11.6 Å². The van der Waals surface area contributed by atoms with Crippen molar-refractivity contribution in [2.45, 2.75) is 33.2 Å². The van der Waals surface area contributed by atoms with Crippen molar-refractivity contribution >= 4 is 17.5 Å². The molecule has 2 aromatic rings. The molecule has 0 fully saturated rings. The number of rotatable bonds is 6. The van der Waals surface area contributed by atoms with Gasteiger partial charge in [-0.2, -0.15) is 0 Å². The molecule has 1 aliphatic heterocycles. The number of para-hydroxylation sites is 1. The van der Waals surface area contributed by atoms with Crippen molar-refractivity contribution in [3.05, 3.63) is 58.1 Å². The van der Waals surface area contributed by atoms with Gasteiger partial charge >= 0.3 is 0 Å². The number of carbonyl (C=O) groups is 1. The molecule has 0 aromatic heterocycles. The van der Waals surface area contributed by atoms with Gasteiger partial charge in [-0.05, 0) is 37.7 Å². The van der Waals surface area contributed by atoms with E-state index in [-0.39, 0.29) is 11.9 Å². The number of hydrogen-bond acceptors (Lipinski definition) is 3. The molecule has 1 unspecified atom stereocenters. The van der Waals surface area contributed by atoms with Gasteiger partial charge in [0.05, 0.1) is 6.04 Å². The summed E-state index contributed by atoms with van der Waals surface area (Å²) in [7, 11) is 0. The summed E-state index contributed by atoms with van der Waals surface area (Å²) in [6.07, 6.45) is 0.475. The smallest absolute Gasteiger partial charge is 0.222 e. The number of amides is 1. The number of hydrogen-bond donors (Lipinski definition) is 1. The van der Waals surface area contributed by atoms with E-state index in [0.717, 1.165) is 42.1 Å². The van der Waals surface area contributed by atoms with Crippen molar-refractivity contribution in [3.8, 4) is 11.5 Å². The summed E-state index contributed by atoms with van der Waals surface area (Å²) in [6, 6.07) is 11.4. The van der Waals surface area contributed by atoms with Gasteiger partial charge in [-0.15, -0.1) is 0 Å². The average Bonchev–Trinajstić information content (AvgIpc) is 2.63. The highest BCUT2D eigenvalue weighted by molar-refractivity contribution is 6.30. The molecule has 0 saturated heterocycles. The minimum atomic E-state index is -0.227. The van der Waals surface area contributed by atoms with Crippen molar-refractivity contribution in [2.75, 3.05) is 19.6 Å². The molecule has 0 saturated carbocycles. The highest BCUT2D eigenvalue weighted by atomic mass is 35.5. The van der Waals surface area contributed by atoms with Crippen molar-refractivity contribution < 1.29 is 9.53 Å². The molecule has 0 aliphatic carbocycles. The first-order chi connectivity index (χ1) is 12.5. The Labute approximate surface area is 160 Å². The molecule has 1 amide bonds. The summed E-state index contributed by atoms with van der Waals surface area (Å²) in [5.74, 6) is 1.54. The zero-order valence-electron chi connectivity index (χ0n) is 15.5. The van der Waals surface area contributed by atoms with Gasteiger partial charge in [0.2, 0.25) is 5.91 Å². The molecule has 5 heteroatoms. The number of benzene rings is 2. The van der Waals surface area contributed by atoms with E-state index in [1.165, 1.54) is 0 Å². The van der Waals surface area contributed by atoms with Crippen LogP contribution in [0, 0.1) is 6.92 Å². The Morgan fingerprint density at radius 2 is 1.96 bits per heavy atom. The minimum Gasteiger partial charge on any atom is -0.456 e. The normalized spacial score (nSPS) is 15.2. The fourth-order valence-corrected chi connectivity index (χ4v) is 3.50. The summed E-state index contributed by atoms with van der Waals surface area (Å²) in [4.78, 5) is 14.9. The second-order valence-electron chi connectivity index (χ2n) is 6.55. The van der Waals surface area contributed by atoms with Crippen molar-refractivity contribution in [2.24, 2.45) is 0 Å². The van der Waals surface area contributed by atoms with Crippen LogP contribution in [-0.4, -0.2) is 30.4 Å². The van der Waals surface area contributed by atoms with Crippen LogP contribution < -0.4 is 10.1 Å². The maximum atomic E-state index is 12.6. The Hall–Kier alpha value is -2.04. The molecule has 1 N–H and O–H groups in total. The van der Waals surface area contributed by atoms with Crippen LogP contribution in [0.4, 0.5) is 0 Å². The largest absolute Gasteiger partial charge is 0.456 e. The Morgan fingerprint density at radius 3 is 2.69 bits per heavy atom. The van der Waals surface area contributed by atoms with Crippen LogP contribution in [-0.2, 0) is 4.79 Å². The van der Waals surface area contributed by atoms with Gasteiger partial charge < -0.3 is 15.0 Å². The molecular formula is C21H25ClN2O2. The number of fused-ring (bicyclic) bond motifs is 2. The molecule has 1 aliphatic rings. The zero-order valence-corrected chi connectivity index (χ0v) is 16.3. The van der Waals surface area contributed by atoms with Crippen LogP contribution in [0.1, 0.15) is 43.0 Å². The Morgan fingerprint density at radius 1 is 1.19 bits per heavy atom. The van der Waals surface area contributed by atoms with Gasteiger partial charge in [0, 0.05) is 29.1 Å². The van der Waals surface area contributed by atoms with E-state index in [9.17, 15) is 4.79 Å². The van der Waals surface area contributed by atoms with Gasteiger partial charge in [0.1, 0.15) is 11.5 Å². The first kappa shape index (κ1) is 18.7. The van der Waals surface area contributed by atoms with E-state index >= 15 is 0 Å². The standard InChI is InChI=1S/C21H25ClN2O2/c1-4-24(5-2)12-11-19(25)23-20-16-10-9-15(22)13-18(16)26-21-14(3)7-6-8-17(20)21/h6-10,13,20H,4-5,11-12H2,1-3H3,(H,23,25). The second kappa shape index (κ2) is 8.11. The number of nitrogens with zero attached hydrogens (tertiary/aromatic N) is 1. The molecule has 0 bridgehead atoms. The highest BCUT2D eigenvalue weighted by Crippen LogP contribution is 2.45. The van der Waals surface area contributed by atoms with E-state index in [1.807, 2.05) is 37.3 Å². The third kappa shape index (κ3) is 3.87. The lowest BCUT2D eigenvalue weighted by Crippen LogP contribution is -2.34. The van der Waals surface area contributed by atoms with E-state index in [1.54, 1.807) is 6.07 Å². The van der Waals surface area contributed by atoms with Crippen molar-refractivity contribution in [3.63, 3.8) is 0 Å². The van der Waals surface area contributed by atoms with Crippen molar-refractivity contribution in [1.29, 1.82) is 0 Å². The quantitative estimate of drug-likeness (QED) is 0.799. The van der Waals surface area contributed by atoms with E-state index in [4.69, 9.17) is 16.3 Å². The third-order valence-corrected chi connectivity index (χ3v) is 5.14. The molecule has 1 heterocycles. The molecule has 3 rings (SSSR count). The molecule has 2 aromatic carbocycles. The van der Waals surface area contributed by atoms with Crippen LogP contribution in [0.3, 0.4) is 0 Å². The molecule has 0 spiro atoms. The van der Waals surface area contributed by atoms with E-state index in [0.29, 0.717) is 17.2 Å². The van der Waals surface area contributed by atoms with Gasteiger partial charge in [-0.25, -0.2) is 0 Å². The van der Waals surface area contributed by atoms with Gasteiger partial charge in [-0.1, -0.05) is 49.7 Å². The number of ether oxygens (including phenoxy) is 1. The molecule has 26 heavy (non-hydrogen) atoms. The topological polar surface area (TPSA) is 41.6 Å². The first-order valence-corrected chi connectivity index (χ1v) is 9.49. The lowest BCUT2D eigenvalue weighted by Gasteiger charge is -2.30. The summed E-state index contributed by atoms with van der Waals surface area (Å²) in [6.45, 7) is 8.89. The number of aryl methyl sites for hydroxylation is 1. The molecule has 4 nitrogen and oxygen atoms in total. The SMILES string of the molecule is CCN(CC)CCC(=O)NC1c2ccc(Cl)cc2Oc2c(C)cccc21. The molecular weight excluding hydrogens is 348 g/mol. The van der Waals surface area contributed by atoms with Crippen LogP contribution in [0.15, 0.2) is 36.4 Å². The predicted molar refractivity (Wildman–Crippen MR) is 105 cm³/mol. The Kier molecular flexibility index (Phi) is 5.84. The Bertz CT molecular complexity index is 803. The summed E-state index contributed by atoms with van der Waals surface area (Å²) in [5, 5.41) is 3.81. The number of halogens is 1. The van der Waals surface area contributed by atoms with E-state index in [2.05, 4.69) is 24.1 Å². The van der Waals surface area contributed by atoms with Gasteiger partial charge in [-0.3, -0.25) is 4.79 Å². The maximum absolute atomic E-state index is 12.6. The summed E-state index contributed by atoms with van der Waals surface area (Å²) in [5.41, 5.74) is 2.95. The van der Waals surface area contributed by atoms with Gasteiger partial charge in [0.15, 0.2) is 0 Å². The maximum Gasteiger partial charge on any atom is 0.222 e. The summed E-state index contributed by atoms with van der Waals surface area (Å²) >= 11 is 6.14. The van der Waals surface area contributed by atoms with Crippen LogP contribution in [0.2, 0.25) is 5.02 Å². The van der Waals surface area contributed by atoms with E-state index < -0.39 is 0 Å². The number of nitrogens with one attached hydrogen (secondary N) is 1. The lowest BCUT2D eigenvalue weighted by molar-refractivity contribution is -0.121. The molecule has 138 valence electrons. The summed E-state index contributed by atoms with van der Waals surface area (Å²) < 4.78 is 6.09. The fraction of sp³-hybridized carbons (Fsp3) is 0.381. The molecule has 1 atom stereocenters. The molecule has 0 radical (unpaired) electrons.